The molecule has 0 saturated heterocycles. The van der Waals surface area contributed by atoms with Gasteiger partial charge in [-0.05, 0) is 31.4 Å². The number of fused-ring (bicyclic) bond motifs is 1. The number of carbonyl (C=O) groups is 2. The summed E-state index contributed by atoms with van der Waals surface area (Å²) < 4.78 is 11.7. The summed E-state index contributed by atoms with van der Waals surface area (Å²) in [6.07, 6.45) is 1.98. The number of anilines is 1. The average Bonchev–Trinajstić information content (AvgIpc) is 3.09. The molecule has 0 unspecified atom stereocenters. The molecule has 158 valence electrons. The molecule has 2 aromatic heterocycles. The summed E-state index contributed by atoms with van der Waals surface area (Å²) in [7, 11) is 0. The Hall–Kier alpha value is -3.62. The van der Waals surface area contributed by atoms with Gasteiger partial charge in [0.1, 0.15) is 17.0 Å². The van der Waals surface area contributed by atoms with Crippen LogP contribution in [0.5, 0.6) is 0 Å². The molecule has 0 spiro atoms. The zero-order chi connectivity index (χ0) is 22.0. The van der Waals surface area contributed by atoms with Gasteiger partial charge in [0, 0.05) is 17.5 Å². The Kier molecular flexibility index (Phi) is 5.91. The first-order valence-electron chi connectivity index (χ1n) is 9.52. The van der Waals surface area contributed by atoms with Crippen LogP contribution in [0, 0.1) is 13.8 Å². The van der Waals surface area contributed by atoms with Crippen molar-refractivity contribution in [2.24, 2.45) is 0 Å². The number of aromatic nitrogens is 2. The maximum Gasteiger partial charge on any atom is 0.329 e. The van der Waals surface area contributed by atoms with E-state index in [1.807, 2.05) is 32.9 Å². The molecular weight excluding hydrogens is 390 g/mol. The number of furan rings is 1. The highest BCUT2D eigenvalue weighted by Crippen LogP contribution is 2.26. The van der Waals surface area contributed by atoms with E-state index in [4.69, 9.17) is 14.9 Å². The average molecular weight is 413 g/mol. The van der Waals surface area contributed by atoms with E-state index in [0.717, 1.165) is 21.1 Å². The summed E-state index contributed by atoms with van der Waals surface area (Å²) >= 11 is 0. The number of hydrogen-bond acceptors (Lipinski definition) is 7. The SMILES string of the molecule is CCCn1c(N)c(C(=O)COC(=O)Cc2coc3c(C)c(C)ccc23)c(=O)[nH]c1=O. The Morgan fingerprint density at radius 1 is 1.23 bits per heavy atom. The van der Waals surface area contributed by atoms with E-state index in [-0.39, 0.29) is 18.8 Å². The smallest absolute Gasteiger partial charge is 0.329 e. The van der Waals surface area contributed by atoms with Crippen LogP contribution in [0.2, 0.25) is 0 Å². The minimum Gasteiger partial charge on any atom is -0.464 e. The molecule has 0 aliphatic rings. The van der Waals surface area contributed by atoms with Crippen molar-refractivity contribution in [3.05, 3.63) is 61.5 Å². The van der Waals surface area contributed by atoms with Gasteiger partial charge < -0.3 is 14.9 Å². The Morgan fingerprint density at radius 3 is 2.67 bits per heavy atom. The molecule has 9 nitrogen and oxygen atoms in total. The van der Waals surface area contributed by atoms with Gasteiger partial charge in [0.2, 0.25) is 5.78 Å². The van der Waals surface area contributed by atoms with E-state index in [2.05, 4.69) is 4.98 Å². The van der Waals surface area contributed by atoms with Gasteiger partial charge in [-0.3, -0.25) is 23.9 Å². The number of ether oxygens (including phenoxy) is 1. The molecule has 0 radical (unpaired) electrons. The molecule has 0 bridgehead atoms. The van der Waals surface area contributed by atoms with Crippen molar-refractivity contribution in [2.45, 2.75) is 40.2 Å². The molecule has 3 rings (SSSR count). The lowest BCUT2D eigenvalue weighted by molar-refractivity contribution is -0.141. The maximum absolute atomic E-state index is 12.4. The second-order valence-corrected chi connectivity index (χ2v) is 7.08. The van der Waals surface area contributed by atoms with Crippen molar-refractivity contribution in [2.75, 3.05) is 12.3 Å². The maximum atomic E-state index is 12.4. The molecule has 0 atom stereocenters. The minimum absolute atomic E-state index is 0.0933. The first-order chi connectivity index (χ1) is 14.2. The van der Waals surface area contributed by atoms with Crippen molar-refractivity contribution >= 4 is 28.5 Å². The highest BCUT2D eigenvalue weighted by Gasteiger charge is 2.21. The molecular formula is C21H23N3O6. The molecule has 0 saturated carbocycles. The molecule has 30 heavy (non-hydrogen) atoms. The van der Waals surface area contributed by atoms with Crippen LogP contribution in [0.3, 0.4) is 0 Å². The fourth-order valence-corrected chi connectivity index (χ4v) is 3.25. The number of aromatic amines is 1. The molecule has 0 aliphatic heterocycles. The summed E-state index contributed by atoms with van der Waals surface area (Å²) in [5, 5.41) is 0.800. The summed E-state index contributed by atoms with van der Waals surface area (Å²) in [4.78, 5) is 50.6. The quantitative estimate of drug-likeness (QED) is 0.445. The van der Waals surface area contributed by atoms with Crippen molar-refractivity contribution in [3.63, 3.8) is 0 Å². The molecule has 1 aromatic carbocycles. The Morgan fingerprint density at radius 2 is 1.97 bits per heavy atom. The van der Waals surface area contributed by atoms with Gasteiger partial charge in [-0.1, -0.05) is 19.1 Å². The predicted molar refractivity (Wildman–Crippen MR) is 111 cm³/mol. The monoisotopic (exact) mass is 413 g/mol. The Bertz CT molecular complexity index is 1250. The summed E-state index contributed by atoms with van der Waals surface area (Å²) in [6.45, 7) is 5.30. The second-order valence-electron chi connectivity index (χ2n) is 7.08. The topological polar surface area (TPSA) is 137 Å². The number of hydrogen-bond donors (Lipinski definition) is 2. The first-order valence-corrected chi connectivity index (χ1v) is 9.52. The molecule has 2 heterocycles. The third-order valence-electron chi connectivity index (χ3n) is 5.01. The highest BCUT2D eigenvalue weighted by atomic mass is 16.5. The van der Waals surface area contributed by atoms with Gasteiger partial charge in [0.05, 0.1) is 12.7 Å². The van der Waals surface area contributed by atoms with Crippen molar-refractivity contribution in [1.29, 1.82) is 0 Å². The minimum atomic E-state index is -0.905. The van der Waals surface area contributed by atoms with E-state index in [1.54, 1.807) is 0 Å². The number of nitrogen functional groups attached to an aromatic ring is 1. The van der Waals surface area contributed by atoms with Crippen LogP contribution in [0.15, 0.2) is 32.4 Å². The standard InChI is InChI=1S/C21H23N3O6/c1-4-7-24-19(22)17(20(27)23-21(24)28)15(25)10-29-16(26)8-13-9-30-18-12(3)11(2)5-6-14(13)18/h5-6,9H,4,7-8,10,22H2,1-3H3,(H,23,27,28). The van der Waals surface area contributed by atoms with Gasteiger partial charge in [0.25, 0.3) is 5.56 Å². The van der Waals surface area contributed by atoms with Crippen LogP contribution in [0.1, 0.15) is 40.4 Å². The predicted octanol–water partition coefficient (Wildman–Crippen LogP) is 1.86. The molecule has 9 heteroatoms. The number of H-pyrrole nitrogens is 1. The number of aryl methyl sites for hydroxylation is 2. The molecule has 0 aliphatic carbocycles. The van der Waals surface area contributed by atoms with E-state index in [1.165, 1.54) is 6.26 Å². The summed E-state index contributed by atoms with van der Waals surface area (Å²) in [5.41, 5.74) is 7.26. The number of ketones is 1. The van der Waals surface area contributed by atoms with Gasteiger partial charge >= 0.3 is 11.7 Å². The van der Waals surface area contributed by atoms with E-state index >= 15 is 0 Å². The van der Waals surface area contributed by atoms with Crippen LogP contribution in [0.4, 0.5) is 5.82 Å². The van der Waals surface area contributed by atoms with Gasteiger partial charge in [0.15, 0.2) is 6.61 Å². The zero-order valence-corrected chi connectivity index (χ0v) is 17.0. The van der Waals surface area contributed by atoms with E-state index in [9.17, 15) is 19.2 Å². The number of Topliss-reactive ketones (excluding diaryl/α,β-unsaturated/α-hetero) is 1. The van der Waals surface area contributed by atoms with Crippen LogP contribution in [-0.2, 0) is 22.5 Å². The molecule has 3 aromatic rings. The van der Waals surface area contributed by atoms with E-state index in [0.29, 0.717) is 17.6 Å². The number of benzene rings is 1. The van der Waals surface area contributed by atoms with Crippen LogP contribution in [0.25, 0.3) is 11.0 Å². The fourth-order valence-electron chi connectivity index (χ4n) is 3.25. The fraction of sp³-hybridized carbons (Fsp3) is 0.333. The molecule has 0 fully saturated rings. The largest absolute Gasteiger partial charge is 0.464 e. The van der Waals surface area contributed by atoms with Gasteiger partial charge in [-0.2, -0.15) is 0 Å². The number of nitrogens with one attached hydrogen (secondary N) is 1. The van der Waals surface area contributed by atoms with Crippen molar-refractivity contribution < 1.29 is 18.7 Å². The molecule has 3 N–H and O–H groups in total. The number of esters is 1. The lowest BCUT2D eigenvalue weighted by Gasteiger charge is -2.11. The first kappa shape index (κ1) is 21.1. The third-order valence-corrected chi connectivity index (χ3v) is 5.01. The normalized spacial score (nSPS) is 11.0. The summed E-state index contributed by atoms with van der Waals surface area (Å²) in [5.74, 6) is -1.67. The Labute approximate surface area is 171 Å². The van der Waals surface area contributed by atoms with E-state index < -0.39 is 35.2 Å². The summed E-state index contributed by atoms with van der Waals surface area (Å²) in [6, 6.07) is 3.80. The lowest BCUT2D eigenvalue weighted by Crippen LogP contribution is -2.37. The third kappa shape index (κ3) is 3.91. The zero-order valence-electron chi connectivity index (χ0n) is 17.0. The van der Waals surface area contributed by atoms with Crippen LogP contribution < -0.4 is 17.0 Å². The van der Waals surface area contributed by atoms with Crippen molar-refractivity contribution in [1.82, 2.24) is 9.55 Å². The highest BCUT2D eigenvalue weighted by molar-refractivity contribution is 6.01. The number of carbonyl (C=O) groups excluding carboxylic acids is 2. The molecule has 0 amide bonds. The number of nitrogens with two attached hydrogens (primary N) is 1. The van der Waals surface area contributed by atoms with Crippen LogP contribution >= 0.6 is 0 Å². The van der Waals surface area contributed by atoms with Crippen LogP contribution in [-0.4, -0.2) is 27.9 Å². The Balaban J connectivity index is 1.74. The second kappa shape index (κ2) is 8.40. The van der Waals surface area contributed by atoms with Gasteiger partial charge in [-0.25, -0.2) is 4.79 Å². The van der Waals surface area contributed by atoms with Crippen molar-refractivity contribution in [3.8, 4) is 0 Å². The van der Waals surface area contributed by atoms with Gasteiger partial charge in [-0.15, -0.1) is 0 Å². The number of rotatable bonds is 7. The lowest BCUT2D eigenvalue weighted by atomic mass is 10.0. The number of nitrogens with zero attached hydrogens (tertiary/aromatic N) is 1.